The Morgan fingerprint density at radius 3 is 2.39 bits per heavy atom. The van der Waals surface area contributed by atoms with Gasteiger partial charge in [-0.15, -0.1) is 16.4 Å². The van der Waals surface area contributed by atoms with Crippen LogP contribution in [0.4, 0.5) is 16.2 Å². The number of rotatable bonds is 8. The molecule has 12 nitrogen and oxygen atoms in total. The number of urea groups is 1. The topological polar surface area (TPSA) is 123 Å². The van der Waals surface area contributed by atoms with Crippen molar-refractivity contribution < 1.29 is 33.5 Å². The maximum Gasteiger partial charge on any atom is 0.352 e. The lowest BCUT2D eigenvalue weighted by atomic mass is 9.95. The summed E-state index contributed by atoms with van der Waals surface area (Å²) >= 11 is 1.82. The van der Waals surface area contributed by atoms with Crippen LogP contribution in [0.1, 0.15) is 59.0 Å². The molecule has 4 aromatic rings. The van der Waals surface area contributed by atoms with Gasteiger partial charge in [-0.05, 0) is 73.2 Å². The summed E-state index contributed by atoms with van der Waals surface area (Å²) < 4.78 is 13.1. The standard InChI is InChI=1S/C36H37N5O7S/c1-38(21-33(44)48-41-31(42)16-17-32(41)43)24-13-10-22(11-14-24)34-27-8-6-18-39(27)35-26(25-7-4-5-9-30(25)49-35)20-40(34)36(45)37-23-12-15-28(46-2)29(19-23)47-3/h6,8,10-15,18-19,34H,4-5,7,9,16-17,20-21H2,1-3H3,(H,37,45). The SMILES string of the molecule is COc1ccc(NC(=O)N2Cc3c(sc4c3CCCC4)-n3cccc3C2c2ccc(N(C)CC(=O)ON3C(=O)CCC3=O)cc2)cc1OC. The predicted octanol–water partition coefficient (Wildman–Crippen LogP) is 5.62. The number of fused-ring (bicyclic) bond motifs is 5. The summed E-state index contributed by atoms with van der Waals surface area (Å²) in [5.74, 6) is -0.680. The number of thiophene rings is 1. The second kappa shape index (κ2) is 13.3. The Morgan fingerprint density at radius 1 is 0.918 bits per heavy atom. The van der Waals surface area contributed by atoms with Crippen LogP contribution in [0.25, 0.3) is 5.00 Å². The molecular formula is C36H37N5O7S. The molecule has 0 saturated carbocycles. The number of aromatic nitrogens is 1. The van der Waals surface area contributed by atoms with Crippen LogP contribution >= 0.6 is 11.3 Å². The Balaban J connectivity index is 1.20. The van der Waals surface area contributed by atoms with Crippen molar-refractivity contribution in [3.05, 3.63) is 88.1 Å². The van der Waals surface area contributed by atoms with Crippen molar-refractivity contribution in [1.29, 1.82) is 0 Å². The molecule has 2 aliphatic heterocycles. The molecule has 0 radical (unpaired) electrons. The molecule has 2 aromatic heterocycles. The molecule has 7 rings (SSSR count). The number of hydrogen-bond donors (Lipinski definition) is 1. The van der Waals surface area contributed by atoms with Gasteiger partial charge in [-0.25, -0.2) is 9.59 Å². The van der Waals surface area contributed by atoms with Gasteiger partial charge >= 0.3 is 12.0 Å². The first kappa shape index (κ1) is 32.3. The summed E-state index contributed by atoms with van der Waals surface area (Å²) in [6, 6.07) is 16.4. The number of anilines is 2. The van der Waals surface area contributed by atoms with E-state index >= 15 is 0 Å². The highest BCUT2D eigenvalue weighted by molar-refractivity contribution is 7.15. The van der Waals surface area contributed by atoms with E-state index in [9.17, 15) is 19.2 Å². The van der Waals surface area contributed by atoms with E-state index in [0.29, 0.717) is 28.8 Å². The minimum Gasteiger partial charge on any atom is -0.493 e. The van der Waals surface area contributed by atoms with Crippen molar-refractivity contribution in [3.8, 4) is 16.5 Å². The lowest BCUT2D eigenvalue weighted by Crippen LogP contribution is -2.38. The number of ether oxygens (including phenoxy) is 2. The fourth-order valence-corrected chi connectivity index (χ4v) is 8.24. The van der Waals surface area contributed by atoms with E-state index < -0.39 is 23.8 Å². The third-order valence-electron chi connectivity index (χ3n) is 9.29. The van der Waals surface area contributed by atoms with Gasteiger partial charge in [0, 0.05) is 54.0 Å². The van der Waals surface area contributed by atoms with Crippen molar-refractivity contribution >= 4 is 46.5 Å². The van der Waals surface area contributed by atoms with Crippen LogP contribution in [-0.2, 0) is 38.6 Å². The molecule has 0 spiro atoms. The summed E-state index contributed by atoms with van der Waals surface area (Å²) in [6.07, 6.45) is 6.49. The van der Waals surface area contributed by atoms with Gasteiger partial charge in [-0.3, -0.25) is 9.59 Å². The number of aryl methyl sites for hydroxylation is 1. The summed E-state index contributed by atoms with van der Waals surface area (Å²) in [6.45, 7) is 0.252. The van der Waals surface area contributed by atoms with Gasteiger partial charge in [0.1, 0.15) is 11.5 Å². The van der Waals surface area contributed by atoms with Crippen LogP contribution in [0, 0.1) is 0 Å². The fourth-order valence-electron chi connectivity index (χ4n) is 6.83. The number of methoxy groups -OCH3 is 2. The normalized spacial score (nSPS) is 16.8. The Bertz CT molecular complexity index is 1920. The lowest BCUT2D eigenvalue weighted by molar-refractivity contribution is -0.196. The largest absolute Gasteiger partial charge is 0.493 e. The molecule has 2 aromatic carbocycles. The number of carbonyl (C=O) groups excluding carboxylic acids is 4. The number of nitrogens with one attached hydrogen (secondary N) is 1. The number of hydrogen-bond acceptors (Lipinski definition) is 9. The first-order valence-electron chi connectivity index (χ1n) is 16.2. The average Bonchev–Trinajstić information content (AvgIpc) is 3.80. The molecule has 254 valence electrons. The number of hydroxylamine groups is 2. The van der Waals surface area contributed by atoms with Gasteiger partial charge in [0.05, 0.1) is 32.5 Å². The van der Waals surface area contributed by atoms with Gasteiger partial charge < -0.3 is 34.0 Å². The van der Waals surface area contributed by atoms with E-state index in [0.717, 1.165) is 41.2 Å². The summed E-state index contributed by atoms with van der Waals surface area (Å²) in [5.41, 5.74) is 5.69. The molecule has 1 atom stereocenters. The van der Waals surface area contributed by atoms with Crippen LogP contribution in [-0.4, -0.2) is 66.2 Å². The van der Waals surface area contributed by atoms with E-state index in [2.05, 4.69) is 22.1 Å². The minimum absolute atomic E-state index is 0.0350. The van der Waals surface area contributed by atoms with Crippen LogP contribution in [0.2, 0.25) is 0 Å². The average molecular weight is 684 g/mol. The van der Waals surface area contributed by atoms with Gasteiger partial charge in [-0.1, -0.05) is 12.1 Å². The van der Waals surface area contributed by atoms with E-state index in [1.165, 1.54) is 22.4 Å². The zero-order valence-corrected chi connectivity index (χ0v) is 28.4. The Labute approximate surface area is 287 Å². The Morgan fingerprint density at radius 2 is 1.65 bits per heavy atom. The fraction of sp³-hybridized carbons (Fsp3) is 0.333. The van der Waals surface area contributed by atoms with Crippen molar-refractivity contribution in [2.45, 2.75) is 51.1 Å². The van der Waals surface area contributed by atoms with Gasteiger partial charge in [0.25, 0.3) is 11.8 Å². The molecular weight excluding hydrogens is 646 g/mol. The summed E-state index contributed by atoms with van der Waals surface area (Å²) in [5, 5.41) is 4.82. The number of amides is 4. The van der Waals surface area contributed by atoms with Crippen molar-refractivity contribution in [2.24, 2.45) is 0 Å². The molecule has 4 amide bonds. The highest BCUT2D eigenvalue weighted by atomic mass is 32.1. The molecule has 13 heteroatoms. The van der Waals surface area contributed by atoms with Crippen LogP contribution in [0.5, 0.6) is 11.5 Å². The van der Waals surface area contributed by atoms with Crippen molar-refractivity contribution in [2.75, 3.05) is 38.0 Å². The number of likely N-dealkylation sites (N-methyl/N-ethyl adjacent to an activating group) is 1. The predicted molar refractivity (Wildman–Crippen MR) is 183 cm³/mol. The van der Waals surface area contributed by atoms with E-state index in [1.54, 1.807) is 44.4 Å². The van der Waals surface area contributed by atoms with Gasteiger partial charge in [-0.2, -0.15) is 0 Å². The van der Waals surface area contributed by atoms with E-state index in [-0.39, 0.29) is 25.4 Å². The molecule has 3 aliphatic rings. The summed E-state index contributed by atoms with van der Waals surface area (Å²) in [7, 11) is 4.85. The molecule has 1 N–H and O–H groups in total. The first-order valence-corrected chi connectivity index (χ1v) is 17.1. The lowest BCUT2D eigenvalue weighted by Gasteiger charge is -2.32. The first-order chi connectivity index (χ1) is 23.7. The summed E-state index contributed by atoms with van der Waals surface area (Å²) in [4.78, 5) is 60.8. The van der Waals surface area contributed by atoms with Gasteiger partial charge in [0.15, 0.2) is 11.5 Å². The second-order valence-electron chi connectivity index (χ2n) is 12.3. The third kappa shape index (κ3) is 6.10. The highest BCUT2D eigenvalue weighted by Gasteiger charge is 2.37. The molecule has 1 aliphatic carbocycles. The van der Waals surface area contributed by atoms with Crippen LogP contribution in [0.3, 0.4) is 0 Å². The number of carbonyl (C=O) groups is 4. The number of benzene rings is 2. The quantitative estimate of drug-likeness (QED) is 0.238. The smallest absolute Gasteiger partial charge is 0.352 e. The molecule has 4 heterocycles. The van der Waals surface area contributed by atoms with E-state index in [1.807, 2.05) is 46.6 Å². The molecule has 1 saturated heterocycles. The highest BCUT2D eigenvalue weighted by Crippen LogP contribution is 2.44. The monoisotopic (exact) mass is 683 g/mol. The zero-order chi connectivity index (χ0) is 34.2. The number of imide groups is 1. The Kier molecular flexibility index (Phi) is 8.76. The van der Waals surface area contributed by atoms with Crippen LogP contribution < -0.4 is 19.7 Å². The third-order valence-corrected chi connectivity index (χ3v) is 10.6. The second-order valence-corrected chi connectivity index (χ2v) is 13.4. The van der Waals surface area contributed by atoms with E-state index in [4.69, 9.17) is 14.3 Å². The molecule has 1 unspecified atom stereocenters. The minimum atomic E-state index is -0.718. The molecule has 49 heavy (non-hydrogen) atoms. The van der Waals surface area contributed by atoms with Crippen molar-refractivity contribution in [3.63, 3.8) is 0 Å². The number of nitrogens with zero attached hydrogens (tertiary/aromatic N) is 4. The van der Waals surface area contributed by atoms with Gasteiger partial charge in [0.2, 0.25) is 0 Å². The molecule has 0 bridgehead atoms. The maximum atomic E-state index is 14.4. The maximum absolute atomic E-state index is 14.4. The van der Waals surface area contributed by atoms with Crippen LogP contribution in [0.15, 0.2) is 60.8 Å². The van der Waals surface area contributed by atoms with Crippen molar-refractivity contribution in [1.82, 2.24) is 14.5 Å². The Hall–Kier alpha value is -5.30. The molecule has 1 fully saturated rings. The zero-order valence-electron chi connectivity index (χ0n) is 27.6.